The number of amides is 1. The van der Waals surface area contributed by atoms with Crippen LogP contribution in [-0.4, -0.2) is 56.2 Å². The molecule has 7 heteroatoms. The molecule has 0 radical (unpaired) electrons. The van der Waals surface area contributed by atoms with Gasteiger partial charge in [-0.25, -0.2) is 4.98 Å². The fraction of sp³-hybridized carbons (Fsp3) is 0.467. The van der Waals surface area contributed by atoms with Crippen LogP contribution in [0.1, 0.15) is 4.88 Å². The number of thiophene rings is 1. The van der Waals surface area contributed by atoms with Crippen molar-refractivity contribution in [3.8, 4) is 10.6 Å². The highest BCUT2D eigenvalue weighted by atomic mass is 32.1. The quantitative estimate of drug-likeness (QED) is 0.859. The van der Waals surface area contributed by atoms with Crippen molar-refractivity contribution in [2.45, 2.75) is 6.42 Å². The molecule has 2 aromatic heterocycles. The van der Waals surface area contributed by atoms with Crippen molar-refractivity contribution >= 4 is 33.7 Å². The number of aromatic nitrogens is 1. The van der Waals surface area contributed by atoms with Crippen LogP contribution in [0.3, 0.4) is 0 Å². The van der Waals surface area contributed by atoms with Crippen molar-refractivity contribution in [1.29, 1.82) is 0 Å². The molecule has 0 N–H and O–H groups in total. The van der Waals surface area contributed by atoms with Crippen LogP contribution in [0.4, 0.5) is 5.13 Å². The topological polar surface area (TPSA) is 45.7 Å². The molecule has 5 nitrogen and oxygen atoms in total. The number of rotatable bonds is 4. The molecule has 0 aliphatic carbocycles. The van der Waals surface area contributed by atoms with Gasteiger partial charge in [-0.2, -0.15) is 0 Å². The summed E-state index contributed by atoms with van der Waals surface area (Å²) < 4.78 is 5.28. The predicted molar refractivity (Wildman–Crippen MR) is 90.9 cm³/mol. The zero-order valence-corrected chi connectivity index (χ0v) is 14.4. The van der Waals surface area contributed by atoms with E-state index in [1.807, 2.05) is 30.0 Å². The first kappa shape index (κ1) is 15.5. The van der Waals surface area contributed by atoms with Gasteiger partial charge in [0.25, 0.3) is 0 Å². The van der Waals surface area contributed by atoms with E-state index in [0.29, 0.717) is 32.7 Å². The highest BCUT2D eigenvalue weighted by Gasteiger charge is 2.18. The SMILES string of the molecule is CN(C)c1nc(-c2ccc(CC(=O)N3CCOCC3)s2)cs1. The Hall–Kier alpha value is -1.44. The molecule has 1 amide bonds. The van der Waals surface area contributed by atoms with Gasteiger partial charge in [-0.3, -0.25) is 4.79 Å². The molecule has 0 saturated carbocycles. The van der Waals surface area contributed by atoms with E-state index in [2.05, 4.69) is 16.4 Å². The summed E-state index contributed by atoms with van der Waals surface area (Å²) in [7, 11) is 3.98. The van der Waals surface area contributed by atoms with E-state index >= 15 is 0 Å². The number of morpholine rings is 1. The minimum Gasteiger partial charge on any atom is -0.378 e. The van der Waals surface area contributed by atoms with Crippen molar-refractivity contribution in [2.24, 2.45) is 0 Å². The standard InChI is InChI=1S/C15H19N3O2S2/c1-17(2)15-16-12(10-21-15)13-4-3-11(22-13)9-14(19)18-5-7-20-8-6-18/h3-4,10H,5-9H2,1-2H3. The third-order valence-corrected chi connectivity index (χ3v) is 5.59. The first-order chi connectivity index (χ1) is 10.6. The van der Waals surface area contributed by atoms with Gasteiger partial charge in [0.2, 0.25) is 5.91 Å². The Morgan fingerprint density at radius 1 is 1.36 bits per heavy atom. The summed E-state index contributed by atoms with van der Waals surface area (Å²) in [4.78, 5) is 23.0. The normalized spacial score (nSPS) is 15.1. The number of hydrogen-bond donors (Lipinski definition) is 0. The van der Waals surface area contributed by atoms with E-state index in [4.69, 9.17) is 4.74 Å². The number of carbonyl (C=O) groups is 1. The fourth-order valence-electron chi connectivity index (χ4n) is 2.27. The maximum absolute atomic E-state index is 12.3. The fourth-order valence-corrected chi connectivity index (χ4v) is 4.06. The van der Waals surface area contributed by atoms with Crippen LogP contribution in [-0.2, 0) is 16.0 Å². The summed E-state index contributed by atoms with van der Waals surface area (Å²) in [5, 5.41) is 3.06. The molecule has 0 spiro atoms. The van der Waals surface area contributed by atoms with E-state index in [1.165, 1.54) is 0 Å². The molecular formula is C15H19N3O2S2. The molecule has 3 rings (SSSR count). The van der Waals surface area contributed by atoms with Crippen LogP contribution < -0.4 is 4.90 Å². The Morgan fingerprint density at radius 3 is 2.82 bits per heavy atom. The maximum Gasteiger partial charge on any atom is 0.227 e. The third kappa shape index (κ3) is 3.48. The summed E-state index contributed by atoms with van der Waals surface area (Å²) in [5.74, 6) is 0.184. The summed E-state index contributed by atoms with van der Waals surface area (Å²) in [5.41, 5.74) is 0.990. The van der Waals surface area contributed by atoms with Gasteiger partial charge >= 0.3 is 0 Å². The molecule has 3 heterocycles. The largest absolute Gasteiger partial charge is 0.378 e. The van der Waals surface area contributed by atoms with E-state index in [-0.39, 0.29) is 5.91 Å². The molecule has 1 aliphatic rings. The van der Waals surface area contributed by atoms with Crippen LogP contribution in [0, 0.1) is 0 Å². The number of carbonyl (C=O) groups excluding carboxylic acids is 1. The van der Waals surface area contributed by atoms with Crippen molar-refractivity contribution in [3.63, 3.8) is 0 Å². The van der Waals surface area contributed by atoms with Crippen molar-refractivity contribution in [1.82, 2.24) is 9.88 Å². The minimum absolute atomic E-state index is 0.184. The Morgan fingerprint density at radius 2 is 2.14 bits per heavy atom. The summed E-state index contributed by atoms with van der Waals surface area (Å²) in [6.45, 7) is 2.70. The molecule has 2 aromatic rings. The Kier molecular flexibility index (Phi) is 4.75. The smallest absolute Gasteiger partial charge is 0.227 e. The summed E-state index contributed by atoms with van der Waals surface area (Å²) >= 11 is 3.28. The molecule has 1 aliphatic heterocycles. The van der Waals surface area contributed by atoms with Gasteiger partial charge in [0, 0.05) is 37.4 Å². The van der Waals surface area contributed by atoms with E-state index in [9.17, 15) is 4.79 Å². The van der Waals surface area contributed by atoms with E-state index in [0.717, 1.165) is 20.6 Å². The number of ether oxygens (including phenoxy) is 1. The van der Waals surface area contributed by atoms with Crippen LogP contribution >= 0.6 is 22.7 Å². The molecule has 22 heavy (non-hydrogen) atoms. The lowest BCUT2D eigenvalue weighted by atomic mass is 10.3. The molecule has 0 unspecified atom stereocenters. The molecule has 0 aromatic carbocycles. The van der Waals surface area contributed by atoms with Crippen LogP contribution in [0.15, 0.2) is 17.5 Å². The molecule has 1 fully saturated rings. The van der Waals surface area contributed by atoms with Crippen LogP contribution in [0.5, 0.6) is 0 Å². The van der Waals surface area contributed by atoms with Gasteiger partial charge in [0.15, 0.2) is 5.13 Å². The Labute approximate surface area is 138 Å². The highest BCUT2D eigenvalue weighted by molar-refractivity contribution is 7.17. The lowest BCUT2D eigenvalue weighted by Crippen LogP contribution is -2.41. The lowest BCUT2D eigenvalue weighted by Gasteiger charge is -2.26. The van der Waals surface area contributed by atoms with E-state index < -0.39 is 0 Å². The highest BCUT2D eigenvalue weighted by Crippen LogP contribution is 2.31. The zero-order chi connectivity index (χ0) is 15.5. The second-order valence-corrected chi connectivity index (χ2v) is 7.35. The molecule has 0 atom stereocenters. The number of thiazole rings is 1. The number of hydrogen-bond acceptors (Lipinski definition) is 6. The minimum atomic E-state index is 0.184. The third-order valence-electron chi connectivity index (χ3n) is 3.48. The maximum atomic E-state index is 12.3. The van der Waals surface area contributed by atoms with Crippen LogP contribution in [0.25, 0.3) is 10.6 Å². The van der Waals surface area contributed by atoms with Gasteiger partial charge in [-0.1, -0.05) is 0 Å². The average Bonchev–Trinajstić information content (AvgIpc) is 3.16. The van der Waals surface area contributed by atoms with Gasteiger partial charge < -0.3 is 14.5 Å². The van der Waals surface area contributed by atoms with Crippen molar-refractivity contribution in [2.75, 3.05) is 45.3 Å². The zero-order valence-electron chi connectivity index (χ0n) is 12.7. The molecule has 0 bridgehead atoms. The Bertz CT molecular complexity index is 645. The first-order valence-electron chi connectivity index (χ1n) is 7.21. The summed E-state index contributed by atoms with van der Waals surface area (Å²) in [6.07, 6.45) is 0.468. The average molecular weight is 337 g/mol. The van der Waals surface area contributed by atoms with Crippen LogP contribution in [0.2, 0.25) is 0 Å². The van der Waals surface area contributed by atoms with Gasteiger partial charge in [-0.15, -0.1) is 22.7 Å². The van der Waals surface area contributed by atoms with Gasteiger partial charge in [0.05, 0.1) is 30.2 Å². The number of nitrogens with zero attached hydrogens (tertiary/aromatic N) is 3. The molecule has 1 saturated heterocycles. The lowest BCUT2D eigenvalue weighted by molar-refractivity contribution is -0.134. The van der Waals surface area contributed by atoms with Crippen molar-refractivity contribution < 1.29 is 9.53 Å². The number of anilines is 1. The second kappa shape index (κ2) is 6.76. The second-order valence-electron chi connectivity index (χ2n) is 5.35. The summed E-state index contributed by atoms with van der Waals surface area (Å²) in [6, 6.07) is 4.09. The Balaban J connectivity index is 1.66. The predicted octanol–water partition coefficient (Wildman–Crippen LogP) is 2.34. The van der Waals surface area contributed by atoms with E-state index in [1.54, 1.807) is 22.7 Å². The van der Waals surface area contributed by atoms with Crippen molar-refractivity contribution in [3.05, 3.63) is 22.4 Å². The first-order valence-corrected chi connectivity index (χ1v) is 8.90. The molecule has 118 valence electrons. The van der Waals surface area contributed by atoms with Gasteiger partial charge in [-0.05, 0) is 12.1 Å². The monoisotopic (exact) mass is 337 g/mol. The molecular weight excluding hydrogens is 318 g/mol. The van der Waals surface area contributed by atoms with Gasteiger partial charge in [0.1, 0.15) is 0 Å².